The predicted molar refractivity (Wildman–Crippen MR) is 73.6 cm³/mol. The number of nitrogens with one attached hydrogen (secondary N) is 1. The zero-order valence-electron chi connectivity index (χ0n) is 11.2. The lowest BCUT2D eigenvalue weighted by Crippen LogP contribution is -2.33. The van der Waals surface area contributed by atoms with Gasteiger partial charge in [0.05, 0.1) is 5.56 Å². The van der Waals surface area contributed by atoms with Crippen LogP contribution in [0.4, 0.5) is 10.1 Å². The third kappa shape index (κ3) is 3.46. The average molecular weight is 279 g/mol. The molecule has 1 fully saturated rings. The maximum absolute atomic E-state index is 13.5. The van der Waals surface area contributed by atoms with Gasteiger partial charge in [-0.3, -0.25) is 9.59 Å². The molecular formula is C14H18FN3O2. The van der Waals surface area contributed by atoms with Gasteiger partial charge < -0.3 is 16.0 Å². The van der Waals surface area contributed by atoms with Gasteiger partial charge in [0, 0.05) is 31.7 Å². The molecule has 3 N–H and O–H groups in total. The zero-order valence-corrected chi connectivity index (χ0v) is 11.2. The molecule has 20 heavy (non-hydrogen) atoms. The molecule has 1 saturated heterocycles. The Balaban J connectivity index is 1.81. The summed E-state index contributed by atoms with van der Waals surface area (Å²) in [6.45, 7) is 1.79. The molecule has 1 aliphatic rings. The van der Waals surface area contributed by atoms with Crippen molar-refractivity contribution in [1.82, 2.24) is 10.2 Å². The summed E-state index contributed by atoms with van der Waals surface area (Å²) >= 11 is 0. The Morgan fingerprint density at radius 2 is 2.00 bits per heavy atom. The second-order valence-corrected chi connectivity index (χ2v) is 4.83. The molecule has 108 valence electrons. The molecule has 2 amide bonds. The van der Waals surface area contributed by atoms with Crippen LogP contribution < -0.4 is 11.1 Å². The van der Waals surface area contributed by atoms with Crippen LogP contribution >= 0.6 is 0 Å². The van der Waals surface area contributed by atoms with Crippen molar-refractivity contribution in [3.05, 3.63) is 29.6 Å². The van der Waals surface area contributed by atoms with Crippen molar-refractivity contribution in [2.75, 3.05) is 25.4 Å². The number of amides is 2. The molecule has 0 aromatic heterocycles. The smallest absolute Gasteiger partial charge is 0.254 e. The molecular weight excluding hydrogens is 261 g/mol. The highest BCUT2D eigenvalue weighted by atomic mass is 19.1. The SMILES string of the molecule is Nc1ccc(C(=O)NCCC(=O)N2CCCC2)c(F)c1. The van der Waals surface area contributed by atoms with Gasteiger partial charge in [0.1, 0.15) is 5.82 Å². The highest BCUT2D eigenvalue weighted by molar-refractivity contribution is 5.95. The van der Waals surface area contributed by atoms with E-state index in [-0.39, 0.29) is 30.1 Å². The van der Waals surface area contributed by atoms with Gasteiger partial charge in [0.15, 0.2) is 0 Å². The van der Waals surface area contributed by atoms with E-state index in [9.17, 15) is 14.0 Å². The largest absolute Gasteiger partial charge is 0.399 e. The van der Waals surface area contributed by atoms with Crippen LogP contribution in [-0.2, 0) is 4.79 Å². The van der Waals surface area contributed by atoms with Crippen molar-refractivity contribution in [2.24, 2.45) is 0 Å². The van der Waals surface area contributed by atoms with Gasteiger partial charge in [-0.15, -0.1) is 0 Å². The van der Waals surface area contributed by atoms with Crippen molar-refractivity contribution in [3.8, 4) is 0 Å². The fourth-order valence-electron chi connectivity index (χ4n) is 2.22. The molecule has 0 saturated carbocycles. The molecule has 0 aliphatic carbocycles. The van der Waals surface area contributed by atoms with Crippen molar-refractivity contribution < 1.29 is 14.0 Å². The molecule has 1 aromatic rings. The van der Waals surface area contributed by atoms with Crippen LogP contribution in [0, 0.1) is 5.82 Å². The zero-order chi connectivity index (χ0) is 14.5. The third-order valence-corrected chi connectivity index (χ3v) is 3.32. The van der Waals surface area contributed by atoms with E-state index in [1.54, 1.807) is 4.90 Å². The third-order valence-electron chi connectivity index (χ3n) is 3.32. The molecule has 1 aliphatic heterocycles. The highest BCUT2D eigenvalue weighted by Gasteiger charge is 2.18. The number of hydrogen-bond donors (Lipinski definition) is 2. The Bertz CT molecular complexity index is 513. The maximum atomic E-state index is 13.5. The summed E-state index contributed by atoms with van der Waals surface area (Å²) in [6.07, 6.45) is 2.31. The summed E-state index contributed by atoms with van der Waals surface area (Å²) in [5.41, 5.74) is 5.62. The summed E-state index contributed by atoms with van der Waals surface area (Å²) in [7, 11) is 0. The molecule has 0 unspecified atom stereocenters. The Labute approximate surface area is 116 Å². The Hall–Kier alpha value is -2.11. The van der Waals surface area contributed by atoms with Crippen LogP contribution in [-0.4, -0.2) is 36.3 Å². The average Bonchev–Trinajstić information content (AvgIpc) is 2.92. The fraction of sp³-hybridized carbons (Fsp3) is 0.429. The lowest BCUT2D eigenvalue weighted by atomic mass is 10.2. The first-order chi connectivity index (χ1) is 9.58. The summed E-state index contributed by atoms with van der Waals surface area (Å²) in [4.78, 5) is 25.3. The summed E-state index contributed by atoms with van der Waals surface area (Å²) < 4.78 is 13.5. The number of nitrogens with zero attached hydrogens (tertiary/aromatic N) is 1. The van der Waals surface area contributed by atoms with Crippen molar-refractivity contribution >= 4 is 17.5 Å². The van der Waals surface area contributed by atoms with Crippen LogP contribution in [0.3, 0.4) is 0 Å². The van der Waals surface area contributed by atoms with Gasteiger partial charge in [-0.2, -0.15) is 0 Å². The number of anilines is 1. The fourth-order valence-corrected chi connectivity index (χ4v) is 2.22. The second kappa shape index (κ2) is 6.36. The van der Waals surface area contributed by atoms with Crippen LogP contribution in [0.2, 0.25) is 0 Å². The van der Waals surface area contributed by atoms with Gasteiger partial charge in [0.2, 0.25) is 5.91 Å². The van der Waals surface area contributed by atoms with Crippen molar-refractivity contribution in [3.63, 3.8) is 0 Å². The minimum absolute atomic E-state index is 0.0283. The van der Waals surface area contributed by atoms with E-state index in [2.05, 4.69) is 5.32 Å². The number of likely N-dealkylation sites (tertiary alicyclic amines) is 1. The first-order valence-electron chi connectivity index (χ1n) is 6.69. The number of carbonyl (C=O) groups is 2. The van der Waals surface area contributed by atoms with E-state index in [4.69, 9.17) is 5.73 Å². The van der Waals surface area contributed by atoms with Gasteiger partial charge in [-0.1, -0.05) is 0 Å². The Morgan fingerprint density at radius 1 is 1.30 bits per heavy atom. The first-order valence-corrected chi connectivity index (χ1v) is 6.69. The topological polar surface area (TPSA) is 75.4 Å². The molecule has 0 spiro atoms. The van der Waals surface area contributed by atoms with Crippen LogP contribution in [0.1, 0.15) is 29.6 Å². The molecule has 0 bridgehead atoms. The summed E-state index contributed by atoms with van der Waals surface area (Å²) in [5.74, 6) is -1.16. The molecule has 1 heterocycles. The minimum atomic E-state index is -0.659. The number of carbonyl (C=O) groups excluding carboxylic acids is 2. The van der Waals surface area contributed by atoms with Crippen LogP contribution in [0.25, 0.3) is 0 Å². The molecule has 5 nitrogen and oxygen atoms in total. The lowest BCUT2D eigenvalue weighted by molar-refractivity contribution is -0.129. The normalized spacial score (nSPS) is 14.3. The Morgan fingerprint density at radius 3 is 2.65 bits per heavy atom. The molecule has 6 heteroatoms. The van der Waals surface area contributed by atoms with Crippen molar-refractivity contribution in [2.45, 2.75) is 19.3 Å². The quantitative estimate of drug-likeness (QED) is 0.812. The number of halogens is 1. The minimum Gasteiger partial charge on any atom is -0.399 e. The summed E-state index contributed by atoms with van der Waals surface area (Å²) in [6, 6.07) is 3.90. The van der Waals surface area contributed by atoms with E-state index in [0.29, 0.717) is 0 Å². The number of nitrogens with two attached hydrogens (primary N) is 1. The first kappa shape index (κ1) is 14.3. The monoisotopic (exact) mass is 279 g/mol. The second-order valence-electron chi connectivity index (χ2n) is 4.83. The van der Waals surface area contributed by atoms with E-state index in [0.717, 1.165) is 32.0 Å². The molecule has 2 rings (SSSR count). The Kier molecular flexibility index (Phi) is 4.55. The van der Waals surface area contributed by atoms with Gasteiger partial charge in [-0.05, 0) is 31.0 Å². The van der Waals surface area contributed by atoms with E-state index in [1.165, 1.54) is 12.1 Å². The lowest BCUT2D eigenvalue weighted by Gasteiger charge is -2.15. The van der Waals surface area contributed by atoms with Crippen LogP contribution in [0.15, 0.2) is 18.2 Å². The van der Waals surface area contributed by atoms with Gasteiger partial charge >= 0.3 is 0 Å². The number of benzene rings is 1. The summed E-state index contributed by atoms with van der Waals surface area (Å²) in [5, 5.41) is 2.55. The van der Waals surface area contributed by atoms with E-state index < -0.39 is 11.7 Å². The standard InChI is InChI=1S/C14H18FN3O2/c15-12-9-10(16)3-4-11(12)14(20)17-6-5-13(19)18-7-1-2-8-18/h3-4,9H,1-2,5-8,16H2,(H,17,20). The number of nitrogen functional groups attached to an aromatic ring is 1. The number of hydrogen-bond acceptors (Lipinski definition) is 3. The highest BCUT2D eigenvalue weighted by Crippen LogP contribution is 2.12. The predicted octanol–water partition coefficient (Wildman–Crippen LogP) is 1.15. The molecule has 1 aromatic carbocycles. The molecule has 0 atom stereocenters. The van der Waals surface area contributed by atoms with E-state index in [1.807, 2.05) is 0 Å². The van der Waals surface area contributed by atoms with Crippen LogP contribution in [0.5, 0.6) is 0 Å². The number of rotatable bonds is 4. The molecule has 0 radical (unpaired) electrons. The van der Waals surface area contributed by atoms with Crippen molar-refractivity contribution in [1.29, 1.82) is 0 Å². The van der Waals surface area contributed by atoms with E-state index >= 15 is 0 Å². The van der Waals surface area contributed by atoms with Gasteiger partial charge in [0.25, 0.3) is 5.91 Å². The van der Waals surface area contributed by atoms with Gasteiger partial charge in [-0.25, -0.2) is 4.39 Å². The maximum Gasteiger partial charge on any atom is 0.254 e.